The Morgan fingerprint density at radius 1 is 0.789 bits per heavy atom. The first-order chi connectivity index (χ1) is 9.35. The van der Waals surface area contributed by atoms with Gasteiger partial charge < -0.3 is 19.1 Å². The van der Waals surface area contributed by atoms with Gasteiger partial charge in [-0.15, -0.1) is 0 Å². The highest BCUT2D eigenvalue weighted by Crippen LogP contribution is 1.89. The number of carbonyl (C=O) groups excluding carboxylic acids is 1. The van der Waals surface area contributed by atoms with E-state index < -0.39 is 0 Å². The van der Waals surface area contributed by atoms with Crippen molar-refractivity contribution in [3.63, 3.8) is 0 Å². The molecule has 0 heterocycles. The van der Waals surface area contributed by atoms with E-state index in [0.717, 1.165) is 45.4 Å². The predicted octanol–water partition coefficient (Wildman–Crippen LogP) is 1.70. The Morgan fingerprint density at radius 3 is 2.00 bits per heavy atom. The normalized spacial score (nSPS) is 10.6. The van der Waals surface area contributed by atoms with Crippen LogP contribution in [-0.2, 0) is 19.0 Å². The molecule has 0 saturated heterocycles. The fourth-order valence-electron chi connectivity index (χ4n) is 1.52. The first-order valence-electron chi connectivity index (χ1n) is 7.27. The fraction of sp³-hybridized carbons (Fsp3) is 0.929. The Bertz CT molecular complexity index is 190. The molecule has 0 aliphatic rings. The van der Waals surface area contributed by atoms with E-state index in [2.05, 4.69) is 13.8 Å². The molecule has 0 aliphatic heterocycles. The number of rotatable bonds is 15. The third-order valence-electron chi connectivity index (χ3n) is 2.48. The Labute approximate surface area is 117 Å². The molecule has 114 valence electrons. The first kappa shape index (κ1) is 18.4. The highest BCUT2D eigenvalue weighted by Gasteiger charge is 1.99. The van der Waals surface area contributed by atoms with Crippen molar-refractivity contribution in [1.29, 1.82) is 0 Å². The van der Waals surface area contributed by atoms with Crippen LogP contribution >= 0.6 is 0 Å². The van der Waals surface area contributed by atoms with E-state index in [4.69, 9.17) is 14.2 Å². The van der Waals surface area contributed by atoms with Crippen LogP contribution in [-0.4, -0.2) is 64.0 Å². The SMILES string of the molecule is CCCOCCCOCCOCCN(C=O)CCC. The van der Waals surface area contributed by atoms with Crippen LogP contribution in [0.3, 0.4) is 0 Å². The van der Waals surface area contributed by atoms with Gasteiger partial charge >= 0.3 is 0 Å². The van der Waals surface area contributed by atoms with Crippen LogP contribution in [0, 0.1) is 0 Å². The van der Waals surface area contributed by atoms with Crippen LogP contribution in [0.5, 0.6) is 0 Å². The lowest BCUT2D eigenvalue weighted by Crippen LogP contribution is -2.27. The minimum absolute atomic E-state index is 0.571. The zero-order valence-electron chi connectivity index (χ0n) is 12.4. The number of nitrogens with zero attached hydrogens (tertiary/aromatic N) is 1. The average Bonchev–Trinajstić information content (AvgIpc) is 2.43. The molecule has 0 radical (unpaired) electrons. The van der Waals surface area contributed by atoms with Crippen LogP contribution < -0.4 is 0 Å². The number of amides is 1. The molecule has 0 saturated carbocycles. The van der Waals surface area contributed by atoms with Gasteiger partial charge in [-0.3, -0.25) is 4.79 Å². The molecule has 0 aromatic rings. The maximum absolute atomic E-state index is 10.6. The summed E-state index contributed by atoms with van der Waals surface area (Å²) in [4.78, 5) is 12.4. The van der Waals surface area contributed by atoms with E-state index in [9.17, 15) is 4.79 Å². The van der Waals surface area contributed by atoms with Crippen molar-refractivity contribution < 1.29 is 19.0 Å². The summed E-state index contributed by atoms with van der Waals surface area (Å²) in [5.41, 5.74) is 0. The van der Waals surface area contributed by atoms with Crippen molar-refractivity contribution in [3.05, 3.63) is 0 Å². The molecular weight excluding hydrogens is 246 g/mol. The summed E-state index contributed by atoms with van der Waals surface area (Å²) in [5, 5.41) is 0. The van der Waals surface area contributed by atoms with E-state index in [1.54, 1.807) is 4.90 Å². The third kappa shape index (κ3) is 13.6. The number of hydrogen-bond donors (Lipinski definition) is 0. The molecule has 0 rings (SSSR count). The summed E-state index contributed by atoms with van der Waals surface area (Å²) in [5.74, 6) is 0. The molecule has 0 unspecified atom stereocenters. The number of ether oxygens (including phenoxy) is 3. The summed E-state index contributed by atoms with van der Waals surface area (Å²) in [6.45, 7) is 9.65. The zero-order valence-corrected chi connectivity index (χ0v) is 12.4. The Kier molecular flexibility index (Phi) is 14.9. The molecule has 0 spiro atoms. The van der Waals surface area contributed by atoms with Crippen molar-refractivity contribution in [3.8, 4) is 0 Å². The van der Waals surface area contributed by atoms with Crippen molar-refractivity contribution in [2.45, 2.75) is 33.1 Å². The summed E-state index contributed by atoms with van der Waals surface area (Å²) >= 11 is 0. The van der Waals surface area contributed by atoms with Crippen LogP contribution in [0.4, 0.5) is 0 Å². The summed E-state index contributed by atoms with van der Waals surface area (Å²) in [6, 6.07) is 0. The van der Waals surface area contributed by atoms with Crippen molar-refractivity contribution in [2.24, 2.45) is 0 Å². The maximum atomic E-state index is 10.6. The van der Waals surface area contributed by atoms with Gasteiger partial charge in [0.15, 0.2) is 0 Å². The molecule has 0 aliphatic carbocycles. The van der Waals surface area contributed by atoms with E-state index in [1.165, 1.54) is 0 Å². The largest absolute Gasteiger partial charge is 0.381 e. The van der Waals surface area contributed by atoms with Crippen LogP contribution in [0.2, 0.25) is 0 Å². The Morgan fingerprint density at radius 2 is 1.42 bits per heavy atom. The molecular formula is C14H29NO4. The van der Waals surface area contributed by atoms with Gasteiger partial charge in [0.25, 0.3) is 0 Å². The van der Waals surface area contributed by atoms with Gasteiger partial charge in [0.2, 0.25) is 6.41 Å². The summed E-state index contributed by atoms with van der Waals surface area (Å²) in [7, 11) is 0. The minimum atomic E-state index is 0.571. The van der Waals surface area contributed by atoms with E-state index in [-0.39, 0.29) is 0 Å². The summed E-state index contributed by atoms with van der Waals surface area (Å²) < 4.78 is 16.1. The van der Waals surface area contributed by atoms with E-state index >= 15 is 0 Å². The van der Waals surface area contributed by atoms with Gasteiger partial charge in [-0.1, -0.05) is 13.8 Å². The molecule has 0 N–H and O–H groups in total. The molecule has 5 nitrogen and oxygen atoms in total. The lowest BCUT2D eigenvalue weighted by Gasteiger charge is -2.15. The molecule has 0 bridgehead atoms. The molecule has 0 fully saturated rings. The third-order valence-corrected chi connectivity index (χ3v) is 2.48. The Balaban J connectivity index is 3.11. The van der Waals surface area contributed by atoms with Gasteiger partial charge in [-0.25, -0.2) is 0 Å². The lowest BCUT2D eigenvalue weighted by molar-refractivity contribution is -0.119. The highest BCUT2D eigenvalue weighted by atomic mass is 16.5. The molecule has 1 amide bonds. The van der Waals surface area contributed by atoms with Crippen molar-refractivity contribution in [2.75, 3.05) is 52.7 Å². The molecule has 0 aromatic heterocycles. The minimum Gasteiger partial charge on any atom is -0.381 e. The van der Waals surface area contributed by atoms with Crippen molar-refractivity contribution >= 4 is 6.41 Å². The second-order valence-electron chi connectivity index (χ2n) is 4.33. The average molecular weight is 275 g/mol. The topological polar surface area (TPSA) is 48.0 Å². The van der Waals surface area contributed by atoms with Crippen molar-refractivity contribution in [1.82, 2.24) is 4.90 Å². The Hall–Kier alpha value is -0.650. The van der Waals surface area contributed by atoms with Gasteiger partial charge in [0.05, 0.1) is 19.8 Å². The smallest absolute Gasteiger partial charge is 0.209 e. The monoisotopic (exact) mass is 275 g/mol. The standard InChI is InChI=1S/C14H29NO4/c1-3-6-15(14-16)7-11-19-13-12-18-10-5-9-17-8-4-2/h14H,3-13H2,1-2H3. The zero-order chi connectivity index (χ0) is 14.2. The second-order valence-corrected chi connectivity index (χ2v) is 4.33. The van der Waals surface area contributed by atoms with E-state index in [1.807, 2.05) is 0 Å². The molecule has 0 aromatic carbocycles. The number of carbonyl (C=O) groups is 1. The highest BCUT2D eigenvalue weighted by molar-refractivity contribution is 5.46. The van der Waals surface area contributed by atoms with Gasteiger partial charge in [0.1, 0.15) is 0 Å². The first-order valence-corrected chi connectivity index (χ1v) is 7.27. The van der Waals surface area contributed by atoms with Crippen LogP contribution in [0.15, 0.2) is 0 Å². The molecule has 19 heavy (non-hydrogen) atoms. The van der Waals surface area contributed by atoms with Crippen LogP contribution in [0.25, 0.3) is 0 Å². The van der Waals surface area contributed by atoms with Gasteiger partial charge in [0, 0.05) is 32.9 Å². The maximum Gasteiger partial charge on any atom is 0.209 e. The molecule has 0 atom stereocenters. The van der Waals surface area contributed by atoms with Gasteiger partial charge in [-0.2, -0.15) is 0 Å². The van der Waals surface area contributed by atoms with E-state index in [0.29, 0.717) is 33.0 Å². The fourth-order valence-corrected chi connectivity index (χ4v) is 1.52. The van der Waals surface area contributed by atoms with Crippen LogP contribution in [0.1, 0.15) is 33.1 Å². The summed E-state index contributed by atoms with van der Waals surface area (Å²) in [6.07, 6.45) is 3.83. The molecule has 5 heteroatoms. The van der Waals surface area contributed by atoms with Gasteiger partial charge in [-0.05, 0) is 19.3 Å². The predicted molar refractivity (Wildman–Crippen MR) is 75.3 cm³/mol. The quantitative estimate of drug-likeness (QED) is 0.337. The number of hydrogen-bond acceptors (Lipinski definition) is 4. The second kappa shape index (κ2) is 15.4. The lowest BCUT2D eigenvalue weighted by atomic mass is 10.4.